The number of aryl methyl sites for hydroxylation is 3. The third-order valence-electron chi connectivity index (χ3n) is 5.35. The Labute approximate surface area is 190 Å². The molecule has 0 bridgehead atoms. The van der Waals surface area contributed by atoms with Gasteiger partial charge in [0.15, 0.2) is 0 Å². The normalized spacial score (nSPS) is 16.7. The average molecular weight is 443 g/mol. The number of hydrogen-bond donors (Lipinski definition) is 0. The number of piperazine rings is 1. The van der Waals surface area contributed by atoms with Crippen LogP contribution in [-0.4, -0.2) is 63.0 Å². The average Bonchev–Trinajstić information content (AvgIpc) is 3.06. The maximum atomic E-state index is 12.8. The van der Waals surface area contributed by atoms with E-state index in [1.807, 2.05) is 75.7 Å². The Kier molecular flexibility index (Phi) is 7.43. The maximum Gasteiger partial charge on any atom is 0.410 e. The van der Waals surface area contributed by atoms with Gasteiger partial charge in [-0.05, 0) is 52.7 Å². The number of rotatable bonds is 5. The van der Waals surface area contributed by atoms with Gasteiger partial charge < -0.3 is 19.3 Å². The molecule has 0 unspecified atom stereocenters. The van der Waals surface area contributed by atoms with E-state index in [1.54, 1.807) is 9.80 Å². The number of aromatic nitrogens is 2. The molecule has 8 nitrogen and oxygen atoms in total. The van der Waals surface area contributed by atoms with Crippen molar-refractivity contribution in [3.05, 3.63) is 53.3 Å². The summed E-state index contributed by atoms with van der Waals surface area (Å²) in [5, 5.41) is 4.52. The first-order valence-electron chi connectivity index (χ1n) is 11.1. The predicted octanol–water partition coefficient (Wildman–Crippen LogP) is 4.15. The third kappa shape index (κ3) is 6.48. The van der Waals surface area contributed by atoms with Crippen LogP contribution in [-0.2, 0) is 22.6 Å². The van der Waals surface area contributed by atoms with Crippen molar-refractivity contribution in [2.24, 2.45) is 0 Å². The van der Waals surface area contributed by atoms with Crippen molar-refractivity contribution in [1.82, 2.24) is 19.6 Å². The monoisotopic (exact) mass is 442 g/mol. The Morgan fingerprint density at radius 1 is 1.09 bits per heavy atom. The Bertz CT molecular complexity index is 920. The van der Waals surface area contributed by atoms with Crippen molar-refractivity contribution >= 4 is 12.2 Å². The zero-order valence-electron chi connectivity index (χ0n) is 19.7. The molecule has 1 aliphatic rings. The highest BCUT2D eigenvalue weighted by Gasteiger charge is 2.35. The Morgan fingerprint density at radius 3 is 2.44 bits per heavy atom. The molecule has 0 N–H and O–H groups in total. The van der Waals surface area contributed by atoms with Gasteiger partial charge in [0, 0.05) is 31.9 Å². The van der Waals surface area contributed by atoms with Crippen LogP contribution in [0.1, 0.15) is 44.1 Å². The van der Waals surface area contributed by atoms with Gasteiger partial charge in [-0.2, -0.15) is 5.10 Å². The first-order valence-corrected chi connectivity index (χ1v) is 11.1. The van der Waals surface area contributed by atoms with Crippen LogP contribution in [0.4, 0.5) is 9.59 Å². The number of carbonyl (C=O) groups is 2. The quantitative estimate of drug-likeness (QED) is 0.695. The molecule has 3 rings (SSSR count). The minimum atomic E-state index is -0.580. The molecule has 174 valence electrons. The largest absolute Gasteiger partial charge is 0.445 e. The zero-order valence-corrected chi connectivity index (χ0v) is 19.7. The molecule has 1 aromatic carbocycles. The molecule has 32 heavy (non-hydrogen) atoms. The minimum Gasteiger partial charge on any atom is -0.445 e. The lowest BCUT2D eigenvalue weighted by Crippen LogP contribution is -2.57. The van der Waals surface area contributed by atoms with Crippen molar-refractivity contribution in [1.29, 1.82) is 0 Å². The number of benzene rings is 1. The molecule has 1 aromatic heterocycles. The topological polar surface area (TPSA) is 76.9 Å². The van der Waals surface area contributed by atoms with Gasteiger partial charge in [-0.25, -0.2) is 9.59 Å². The number of ether oxygens (including phenoxy) is 2. The number of nitrogens with zero attached hydrogens (tertiary/aromatic N) is 4. The lowest BCUT2D eigenvalue weighted by molar-refractivity contribution is -0.00516. The fourth-order valence-electron chi connectivity index (χ4n) is 3.81. The lowest BCUT2D eigenvalue weighted by Gasteiger charge is -2.41. The second-order valence-corrected chi connectivity index (χ2v) is 9.25. The van der Waals surface area contributed by atoms with E-state index in [0.717, 1.165) is 17.0 Å². The molecule has 2 amide bonds. The second-order valence-electron chi connectivity index (χ2n) is 9.25. The summed E-state index contributed by atoms with van der Waals surface area (Å²) < 4.78 is 13.1. The van der Waals surface area contributed by atoms with Crippen LogP contribution >= 0.6 is 0 Å². The Balaban J connectivity index is 1.66. The number of carbonyl (C=O) groups excluding carboxylic acids is 2. The molecular formula is C24H34N4O4. The van der Waals surface area contributed by atoms with Crippen molar-refractivity contribution in [3.8, 4) is 0 Å². The molecule has 1 aliphatic heterocycles. The van der Waals surface area contributed by atoms with E-state index in [-0.39, 0.29) is 24.8 Å². The molecule has 1 saturated heterocycles. The van der Waals surface area contributed by atoms with E-state index in [2.05, 4.69) is 5.10 Å². The molecule has 2 heterocycles. The van der Waals surface area contributed by atoms with Gasteiger partial charge in [0.25, 0.3) is 0 Å². The highest BCUT2D eigenvalue weighted by Crippen LogP contribution is 2.20. The van der Waals surface area contributed by atoms with Crippen LogP contribution < -0.4 is 0 Å². The van der Waals surface area contributed by atoms with Crippen LogP contribution in [0.5, 0.6) is 0 Å². The fraction of sp³-hybridized carbons (Fsp3) is 0.542. The summed E-state index contributed by atoms with van der Waals surface area (Å²) in [5.41, 5.74) is 2.39. The zero-order chi connectivity index (χ0) is 23.3. The van der Waals surface area contributed by atoms with Crippen LogP contribution in [0.25, 0.3) is 0 Å². The molecule has 8 heteroatoms. The summed E-state index contributed by atoms with van der Waals surface area (Å²) in [7, 11) is 0. The van der Waals surface area contributed by atoms with Gasteiger partial charge in [-0.3, -0.25) is 4.68 Å². The van der Waals surface area contributed by atoms with Crippen LogP contribution in [0, 0.1) is 13.8 Å². The SMILES string of the molecule is Cc1cc(C)n(CC[C@@H]2CN(C(=O)OCc3ccccc3)CCN2C(=O)OC(C)(C)C)n1. The first-order chi connectivity index (χ1) is 15.1. The highest BCUT2D eigenvalue weighted by atomic mass is 16.6. The van der Waals surface area contributed by atoms with Gasteiger partial charge in [-0.15, -0.1) is 0 Å². The van der Waals surface area contributed by atoms with E-state index in [4.69, 9.17) is 9.47 Å². The summed E-state index contributed by atoms with van der Waals surface area (Å²) in [5.74, 6) is 0. The summed E-state index contributed by atoms with van der Waals surface area (Å²) in [6.45, 7) is 11.6. The molecular weight excluding hydrogens is 408 g/mol. The molecule has 0 saturated carbocycles. The smallest absolute Gasteiger partial charge is 0.410 e. The molecule has 0 spiro atoms. The van der Waals surface area contributed by atoms with E-state index in [1.165, 1.54) is 0 Å². The third-order valence-corrected chi connectivity index (χ3v) is 5.35. The van der Waals surface area contributed by atoms with Gasteiger partial charge >= 0.3 is 12.2 Å². The predicted molar refractivity (Wildman–Crippen MR) is 121 cm³/mol. The van der Waals surface area contributed by atoms with Crippen molar-refractivity contribution in [2.45, 2.75) is 65.8 Å². The summed E-state index contributed by atoms with van der Waals surface area (Å²) in [6.07, 6.45) is -0.0640. The van der Waals surface area contributed by atoms with E-state index in [9.17, 15) is 9.59 Å². The molecule has 0 radical (unpaired) electrons. The second kappa shape index (κ2) is 10.1. The van der Waals surface area contributed by atoms with Crippen LogP contribution in [0.15, 0.2) is 36.4 Å². The van der Waals surface area contributed by atoms with Crippen molar-refractivity contribution in [2.75, 3.05) is 19.6 Å². The fourth-order valence-corrected chi connectivity index (χ4v) is 3.81. The molecule has 2 aromatic rings. The molecule has 0 aliphatic carbocycles. The van der Waals surface area contributed by atoms with E-state index < -0.39 is 5.60 Å². The Morgan fingerprint density at radius 2 is 1.81 bits per heavy atom. The van der Waals surface area contributed by atoms with Gasteiger partial charge in [0.05, 0.1) is 11.7 Å². The number of hydrogen-bond acceptors (Lipinski definition) is 5. The summed E-state index contributed by atoms with van der Waals surface area (Å²) in [4.78, 5) is 29.0. The highest BCUT2D eigenvalue weighted by molar-refractivity contribution is 5.71. The van der Waals surface area contributed by atoms with Gasteiger partial charge in [0.2, 0.25) is 0 Å². The van der Waals surface area contributed by atoms with Gasteiger partial charge in [-0.1, -0.05) is 30.3 Å². The summed E-state index contributed by atoms with van der Waals surface area (Å²) in [6, 6.07) is 11.4. The van der Waals surface area contributed by atoms with Crippen molar-refractivity contribution < 1.29 is 19.1 Å². The van der Waals surface area contributed by atoms with E-state index >= 15 is 0 Å². The van der Waals surface area contributed by atoms with Crippen LogP contribution in [0.3, 0.4) is 0 Å². The first kappa shape index (κ1) is 23.6. The lowest BCUT2D eigenvalue weighted by atomic mass is 10.1. The maximum absolute atomic E-state index is 12.8. The standard InChI is InChI=1S/C24H34N4O4/c1-18-15-19(2)28(25-18)12-11-21-16-26(13-14-27(21)23(30)32-24(3,4)5)22(29)31-17-20-9-7-6-8-10-20/h6-10,15,21H,11-14,16-17H2,1-5H3/t21-/m1/s1. The van der Waals surface area contributed by atoms with E-state index in [0.29, 0.717) is 32.6 Å². The minimum absolute atomic E-state index is 0.188. The summed E-state index contributed by atoms with van der Waals surface area (Å²) >= 11 is 0. The van der Waals surface area contributed by atoms with Gasteiger partial charge in [0.1, 0.15) is 12.2 Å². The van der Waals surface area contributed by atoms with Crippen LogP contribution in [0.2, 0.25) is 0 Å². The number of amides is 2. The molecule has 1 atom stereocenters. The molecule has 1 fully saturated rings. The Hall–Kier alpha value is -3.03. The van der Waals surface area contributed by atoms with Crippen molar-refractivity contribution in [3.63, 3.8) is 0 Å².